The Kier molecular flexibility index (Phi) is 3.45. The summed E-state index contributed by atoms with van der Waals surface area (Å²) >= 11 is 0. The quantitative estimate of drug-likeness (QED) is 0.682. The zero-order valence-electron chi connectivity index (χ0n) is 11.1. The molecule has 0 heterocycles. The Hall–Kier alpha value is -2.05. The Morgan fingerprint density at radius 2 is 2.05 bits per heavy atom. The van der Waals surface area contributed by atoms with Crippen LogP contribution in [0.25, 0.3) is 0 Å². The number of halogens is 2. The molecular weight excluding hydrogens is 270 g/mol. The Morgan fingerprint density at radius 3 is 2.55 bits per heavy atom. The van der Waals surface area contributed by atoms with E-state index >= 15 is 0 Å². The van der Waals surface area contributed by atoms with E-state index in [0.29, 0.717) is 24.6 Å². The maximum absolute atomic E-state index is 13.6. The van der Waals surface area contributed by atoms with Crippen LogP contribution in [0.1, 0.15) is 30.6 Å². The maximum atomic E-state index is 13.6. The summed E-state index contributed by atoms with van der Waals surface area (Å²) in [5.74, 6) is -2.78. The molecule has 0 bridgehead atoms. The Bertz CT molecular complexity index is 587. The van der Waals surface area contributed by atoms with Crippen LogP contribution in [0.2, 0.25) is 0 Å². The van der Waals surface area contributed by atoms with Crippen LogP contribution in [0.3, 0.4) is 0 Å². The highest BCUT2D eigenvalue weighted by molar-refractivity contribution is 5.94. The number of carbonyl (C=O) groups excluding carboxylic acids is 1. The molecule has 1 N–H and O–H groups in total. The molecule has 0 spiro atoms. The van der Waals surface area contributed by atoms with Gasteiger partial charge in [-0.05, 0) is 23.8 Å². The van der Waals surface area contributed by atoms with E-state index in [1.54, 1.807) is 0 Å². The number of hydrogen-bond acceptors (Lipinski definition) is 3. The number of nitro benzene ring substituents is 1. The monoisotopic (exact) mass is 284 g/mol. The fraction of sp³-hybridized carbons (Fsp3) is 0.462. The summed E-state index contributed by atoms with van der Waals surface area (Å²) in [5.41, 5.74) is -1.35. The van der Waals surface area contributed by atoms with E-state index in [1.807, 2.05) is 0 Å². The number of nitrogens with zero attached hydrogens (tertiary/aromatic N) is 1. The van der Waals surface area contributed by atoms with Crippen LogP contribution in [0.5, 0.6) is 0 Å². The lowest BCUT2D eigenvalue weighted by atomic mass is 10.1. The van der Waals surface area contributed by atoms with Crippen molar-refractivity contribution in [3.63, 3.8) is 0 Å². The minimum absolute atomic E-state index is 0.159. The van der Waals surface area contributed by atoms with Gasteiger partial charge in [-0.3, -0.25) is 14.9 Å². The topological polar surface area (TPSA) is 72.2 Å². The van der Waals surface area contributed by atoms with Crippen LogP contribution < -0.4 is 5.32 Å². The second-order valence-corrected chi connectivity index (χ2v) is 5.64. The molecule has 1 aromatic carbocycles. The smallest absolute Gasteiger partial charge is 0.307 e. The van der Waals surface area contributed by atoms with Gasteiger partial charge in [0.15, 0.2) is 0 Å². The molecule has 5 nitrogen and oxygen atoms in total. The van der Waals surface area contributed by atoms with Crippen molar-refractivity contribution in [2.45, 2.75) is 20.3 Å². The number of benzene rings is 1. The summed E-state index contributed by atoms with van der Waals surface area (Å²) < 4.78 is 27.0. The lowest BCUT2D eigenvalue weighted by molar-refractivity contribution is -0.387. The van der Waals surface area contributed by atoms with Gasteiger partial charge in [-0.15, -0.1) is 0 Å². The van der Waals surface area contributed by atoms with E-state index in [-0.39, 0.29) is 5.41 Å². The second-order valence-electron chi connectivity index (χ2n) is 5.64. The first-order valence-electron chi connectivity index (χ1n) is 6.14. The first-order chi connectivity index (χ1) is 9.22. The molecule has 0 saturated heterocycles. The maximum Gasteiger partial charge on any atom is 0.307 e. The number of nitro groups is 1. The summed E-state index contributed by atoms with van der Waals surface area (Å²) in [6, 6.07) is 0.978. The third kappa shape index (κ3) is 2.76. The van der Waals surface area contributed by atoms with Gasteiger partial charge in [0.25, 0.3) is 5.91 Å². The summed E-state index contributed by atoms with van der Waals surface area (Å²) in [7, 11) is 0. The molecule has 1 saturated carbocycles. The molecule has 1 unspecified atom stereocenters. The summed E-state index contributed by atoms with van der Waals surface area (Å²) in [6.45, 7) is 4.48. The van der Waals surface area contributed by atoms with Crippen LogP contribution in [-0.4, -0.2) is 17.4 Å². The minimum Gasteiger partial charge on any atom is -0.352 e. The van der Waals surface area contributed by atoms with E-state index in [1.165, 1.54) is 0 Å². The average molecular weight is 284 g/mol. The lowest BCUT2D eigenvalue weighted by Crippen LogP contribution is -2.27. The molecule has 2 rings (SSSR count). The number of carbonyl (C=O) groups is 1. The van der Waals surface area contributed by atoms with Crippen molar-refractivity contribution in [2.24, 2.45) is 11.3 Å². The third-order valence-corrected chi connectivity index (χ3v) is 3.70. The first-order valence-corrected chi connectivity index (χ1v) is 6.14. The van der Waals surface area contributed by atoms with E-state index < -0.39 is 33.7 Å². The van der Waals surface area contributed by atoms with Crippen molar-refractivity contribution in [3.8, 4) is 0 Å². The van der Waals surface area contributed by atoms with Crippen molar-refractivity contribution >= 4 is 11.6 Å². The molecule has 7 heteroatoms. The zero-order chi connectivity index (χ0) is 15.1. The van der Waals surface area contributed by atoms with E-state index in [4.69, 9.17) is 0 Å². The number of amides is 1. The lowest BCUT2D eigenvalue weighted by Gasteiger charge is -2.07. The van der Waals surface area contributed by atoms with Gasteiger partial charge in [0.2, 0.25) is 5.82 Å². The molecule has 1 amide bonds. The highest BCUT2D eigenvalue weighted by atomic mass is 19.1. The van der Waals surface area contributed by atoms with Crippen molar-refractivity contribution in [2.75, 3.05) is 6.54 Å². The van der Waals surface area contributed by atoms with Crippen molar-refractivity contribution < 1.29 is 18.5 Å². The SMILES string of the molecule is CC1(C)CC1CNC(=O)c1cc(F)c([N+](=O)[O-])cc1F. The summed E-state index contributed by atoms with van der Waals surface area (Å²) in [6.07, 6.45) is 0.963. The van der Waals surface area contributed by atoms with Crippen LogP contribution in [0, 0.1) is 33.1 Å². The van der Waals surface area contributed by atoms with Crippen LogP contribution in [0.4, 0.5) is 14.5 Å². The standard InChI is InChI=1S/C13H14F2N2O3/c1-13(2)5-7(13)6-16-12(18)8-3-10(15)11(17(19)20)4-9(8)14/h3-4,7H,5-6H2,1-2H3,(H,16,18). The molecule has 1 aliphatic rings. The average Bonchev–Trinajstić information content (AvgIpc) is 2.96. The summed E-state index contributed by atoms with van der Waals surface area (Å²) in [5, 5.41) is 13.0. The van der Waals surface area contributed by atoms with Gasteiger partial charge in [-0.2, -0.15) is 4.39 Å². The van der Waals surface area contributed by atoms with Crippen molar-refractivity contribution in [3.05, 3.63) is 39.4 Å². The fourth-order valence-corrected chi connectivity index (χ4v) is 2.09. The van der Waals surface area contributed by atoms with Crippen LogP contribution in [0.15, 0.2) is 12.1 Å². The third-order valence-electron chi connectivity index (χ3n) is 3.70. The zero-order valence-corrected chi connectivity index (χ0v) is 11.1. The normalized spacial score (nSPS) is 19.5. The van der Waals surface area contributed by atoms with Crippen LogP contribution in [-0.2, 0) is 0 Å². The largest absolute Gasteiger partial charge is 0.352 e. The Labute approximate surface area is 114 Å². The van der Waals surface area contributed by atoms with Gasteiger partial charge in [0.05, 0.1) is 16.6 Å². The van der Waals surface area contributed by atoms with Gasteiger partial charge < -0.3 is 5.32 Å². The molecule has 20 heavy (non-hydrogen) atoms. The molecule has 1 fully saturated rings. The van der Waals surface area contributed by atoms with Gasteiger partial charge in [-0.25, -0.2) is 4.39 Å². The summed E-state index contributed by atoms with van der Waals surface area (Å²) in [4.78, 5) is 21.2. The molecule has 108 valence electrons. The van der Waals surface area contributed by atoms with Gasteiger partial charge >= 0.3 is 5.69 Å². The minimum atomic E-state index is -1.23. The Balaban J connectivity index is 2.10. The highest BCUT2D eigenvalue weighted by Gasteiger charge is 2.45. The molecule has 1 aliphatic carbocycles. The molecule has 1 aromatic rings. The van der Waals surface area contributed by atoms with E-state index in [9.17, 15) is 23.7 Å². The van der Waals surface area contributed by atoms with Crippen LogP contribution >= 0.6 is 0 Å². The van der Waals surface area contributed by atoms with E-state index in [2.05, 4.69) is 19.2 Å². The predicted octanol–water partition coefficient (Wildman–Crippen LogP) is 2.65. The molecule has 1 atom stereocenters. The van der Waals surface area contributed by atoms with Gasteiger partial charge in [0.1, 0.15) is 5.82 Å². The molecule has 0 aliphatic heterocycles. The van der Waals surface area contributed by atoms with Crippen molar-refractivity contribution in [1.29, 1.82) is 0 Å². The molecule has 0 aromatic heterocycles. The van der Waals surface area contributed by atoms with Gasteiger partial charge in [0, 0.05) is 6.54 Å². The molecule has 0 radical (unpaired) electrons. The van der Waals surface area contributed by atoms with Gasteiger partial charge in [-0.1, -0.05) is 13.8 Å². The highest BCUT2D eigenvalue weighted by Crippen LogP contribution is 2.50. The molecular formula is C13H14F2N2O3. The predicted molar refractivity (Wildman–Crippen MR) is 67.2 cm³/mol. The second kappa shape index (κ2) is 4.81. The number of nitrogens with one attached hydrogen (secondary N) is 1. The number of hydrogen-bond donors (Lipinski definition) is 1. The Morgan fingerprint density at radius 1 is 1.45 bits per heavy atom. The first kappa shape index (κ1) is 14.4. The fourth-order valence-electron chi connectivity index (χ4n) is 2.09. The van der Waals surface area contributed by atoms with Crippen molar-refractivity contribution in [1.82, 2.24) is 5.32 Å². The van der Waals surface area contributed by atoms with E-state index in [0.717, 1.165) is 6.42 Å². The number of rotatable bonds is 4.